The van der Waals surface area contributed by atoms with Crippen LogP contribution in [0.4, 0.5) is 24.8 Å². The number of esters is 1. The molecule has 0 saturated carbocycles. The smallest absolute Gasteiger partial charge is 0.420 e. The number of nitrogens with one attached hydrogen (secondary N) is 1. The molecule has 2 heterocycles. The summed E-state index contributed by atoms with van der Waals surface area (Å²) in [6, 6.07) is 0. The molecule has 0 aliphatic carbocycles. The van der Waals surface area contributed by atoms with E-state index in [1.165, 1.54) is 18.0 Å². The van der Waals surface area contributed by atoms with E-state index in [0.717, 1.165) is 0 Å². The molecule has 7 nitrogen and oxygen atoms in total. The van der Waals surface area contributed by atoms with Crippen LogP contribution in [0.15, 0.2) is 12.4 Å². The Bertz CT molecular complexity index is 804. The van der Waals surface area contributed by atoms with E-state index in [1.54, 1.807) is 20.8 Å². The molecule has 1 N–H and O–H groups in total. The maximum absolute atomic E-state index is 12.7. The van der Waals surface area contributed by atoms with Crippen molar-refractivity contribution < 1.29 is 22.7 Å². The molecule has 0 atom stereocenters. The third-order valence-corrected chi connectivity index (χ3v) is 3.74. The van der Waals surface area contributed by atoms with Crippen LogP contribution in [0.3, 0.4) is 0 Å². The van der Waals surface area contributed by atoms with Gasteiger partial charge in [-0.1, -0.05) is 11.6 Å². The summed E-state index contributed by atoms with van der Waals surface area (Å²) in [5.74, 6) is -0.633. The number of anilines is 2. The molecular weight excluding hydrogens is 363 g/mol. The quantitative estimate of drug-likeness (QED) is 0.650. The van der Waals surface area contributed by atoms with E-state index in [2.05, 4.69) is 20.4 Å². The number of carbonyl (C=O) groups is 1. The second-order valence-electron chi connectivity index (χ2n) is 5.64. The third kappa shape index (κ3) is 3.84. The topological polar surface area (TPSA) is 81.9 Å². The summed E-state index contributed by atoms with van der Waals surface area (Å²) >= 11 is 5.57. The number of halogens is 4. The first-order chi connectivity index (χ1) is 11.5. The predicted octanol–water partition coefficient (Wildman–Crippen LogP) is 3.31. The van der Waals surface area contributed by atoms with Gasteiger partial charge in [-0.3, -0.25) is 4.68 Å². The van der Waals surface area contributed by atoms with Gasteiger partial charge in [-0.2, -0.15) is 18.3 Å². The summed E-state index contributed by atoms with van der Waals surface area (Å²) in [7, 11) is 1.26. The molecule has 136 valence electrons. The minimum atomic E-state index is -4.64. The van der Waals surface area contributed by atoms with Crippen molar-refractivity contribution in [2.45, 2.75) is 32.5 Å². The molecular formula is C14H15ClF3N5O2. The lowest BCUT2D eigenvalue weighted by Gasteiger charge is -2.21. The Morgan fingerprint density at radius 1 is 1.36 bits per heavy atom. The van der Waals surface area contributed by atoms with Gasteiger partial charge >= 0.3 is 12.1 Å². The largest absolute Gasteiger partial charge is 0.467 e. The van der Waals surface area contributed by atoms with E-state index in [1.807, 2.05) is 0 Å². The number of nitrogens with zero attached hydrogens (tertiary/aromatic N) is 4. The lowest BCUT2D eigenvalue weighted by molar-refractivity contribution is -0.150. The van der Waals surface area contributed by atoms with Gasteiger partial charge in [-0.15, -0.1) is 0 Å². The molecule has 25 heavy (non-hydrogen) atoms. The molecule has 0 spiro atoms. The highest BCUT2D eigenvalue weighted by molar-refractivity contribution is 6.30. The molecule has 0 unspecified atom stereocenters. The van der Waals surface area contributed by atoms with Crippen molar-refractivity contribution in [1.82, 2.24) is 19.7 Å². The van der Waals surface area contributed by atoms with Crippen LogP contribution >= 0.6 is 11.6 Å². The Kier molecular flexibility index (Phi) is 4.94. The van der Waals surface area contributed by atoms with E-state index in [-0.39, 0.29) is 5.95 Å². The molecule has 2 aromatic heterocycles. The Balaban J connectivity index is 2.30. The van der Waals surface area contributed by atoms with Crippen LogP contribution in [-0.4, -0.2) is 32.8 Å². The normalized spacial score (nSPS) is 12.2. The fraction of sp³-hybridized carbons (Fsp3) is 0.429. The molecule has 0 saturated heterocycles. The predicted molar refractivity (Wildman–Crippen MR) is 83.6 cm³/mol. The summed E-state index contributed by atoms with van der Waals surface area (Å²) in [6.07, 6.45) is -2.54. The molecule has 0 amide bonds. The Morgan fingerprint density at radius 2 is 2.00 bits per heavy atom. The molecule has 0 aliphatic rings. The van der Waals surface area contributed by atoms with E-state index >= 15 is 0 Å². The Labute approximate surface area is 146 Å². The first kappa shape index (κ1) is 19.0. The fourth-order valence-corrected chi connectivity index (χ4v) is 2.18. The van der Waals surface area contributed by atoms with Crippen LogP contribution in [0.25, 0.3) is 0 Å². The van der Waals surface area contributed by atoms with Gasteiger partial charge in [0.05, 0.1) is 24.7 Å². The molecule has 11 heteroatoms. The maximum Gasteiger partial charge on any atom is 0.420 e. The third-order valence-electron chi connectivity index (χ3n) is 3.45. The van der Waals surface area contributed by atoms with Gasteiger partial charge in [0.15, 0.2) is 5.54 Å². The van der Waals surface area contributed by atoms with Gasteiger partial charge in [0, 0.05) is 6.20 Å². The standard InChI is InChI=1S/C14H15ClF3N5O2/c1-7-9(6-23(22-7)13(2,3)11(24)25-4)20-12-19-5-8(10(15)21-12)14(16,17)18/h5-6H,1-4H3,(H,19,20,21). The van der Waals surface area contributed by atoms with E-state index < -0.39 is 28.4 Å². The molecule has 0 aliphatic heterocycles. The summed E-state index contributed by atoms with van der Waals surface area (Å²) in [5, 5.41) is 6.23. The van der Waals surface area contributed by atoms with Crippen LogP contribution in [-0.2, 0) is 21.2 Å². The molecule has 0 aromatic carbocycles. The maximum atomic E-state index is 12.7. The first-order valence-electron chi connectivity index (χ1n) is 6.98. The van der Waals surface area contributed by atoms with Gasteiger partial charge < -0.3 is 10.1 Å². The highest BCUT2D eigenvalue weighted by atomic mass is 35.5. The monoisotopic (exact) mass is 377 g/mol. The summed E-state index contributed by atoms with van der Waals surface area (Å²) in [5.41, 5.74) is -1.30. The van der Waals surface area contributed by atoms with Gasteiger partial charge in [0.1, 0.15) is 10.7 Å². The zero-order valence-corrected chi connectivity index (χ0v) is 14.5. The van der Waals surface area contributed by atoms with Gasteiger partial charge in [0.25, 0.3) is 0 Å². The summed E-state index contributed by atoms with van der Waals surface area (Å²) in [6.45, 7) is 4.87. The highest BCUT2D eigenvalue weighted by Gasteiger charge is 2.35. The van der Waals surface area contributed by atoms with Crippen molar-refractivity contribution in [1.29, 1.82) is 0 Å². The van der Waals surface area contributed by atoms with Gasteiger partial charge in [-0.25, -0.2) is 14.8 Å². The van der Waals surface area contributed by atoms with E-state index in [0.29, 0.717) is 17.6 Å². The average molecular weight is 378 g/mol. The lowest BCUT2D eigenvalue weighted by atomic mass is 10.1. The first-order valence-corrected chi connectivity index (χ1v) is 7.36. The second kappa shape index (κ2) is 6.51. The number of aryl methyl sites for hydroxylation is 1. The SMILES string of the molecule is COC(=O)C(C)(C)n1cc(Nc2ncc(C(F)(F)F)c(Cl)n2)c(C)n1. The van der Waals surface area contributed by atoms with E-state index in [4.69, 9.17) is 16.3 Å². The van der Waals surface area contributed by atoms with Gasteiger partial charge in [0.2, 0.25) is 5.95 Å². The molecule has 2 aromatic rings. The van der Waals surface area contributed by atoms with Crippen LogP contribution in [0.5, 0.6) is 0 Å². The highest BCUT2D eigenvalue weighted by Crippen LogP contribution is 2.33. The van der Waals surface area contributed by atoms with Crippen molar-refractivity contribution in [2.24, 2.45) is 0 Å². The van der Waals surface area contributed by atoms with Crippen LogP contribution in [0.1, 0.15) is 25.1 Å². The van der Waals surface area contributed by atoms with Crippen molar-refractivity contribution in [3.63, 3.8) is 0 Å². The Morgan fingerprint density at radius 3 is 2.52 bits per heavy atom. The molecule has 0 fully saturated rings. The Hall–Kier alpha value is -2.36. The van der Waals surface area contributed by atoms with Gasteiger partial charge in [-0.05, 0) is 20.8 Å². The number of carbonyl (C=O) groups excluding carboxylic acids is 1. The number of ether oxygens (including phenoxy) is 1. The summed E-state index contributed by atoms with van der Waals surface area (Å²) < 4.78 is 44.1. The summed E-state index contributed by atoms with van der Waals surface area (Å²) in [4.78, 5) is 19.0. The second-order valence-corrected chi connectivity index (χ2v) is 6.00. The molecule has 0 bridgehead atoms. The van der Waals surface area contributed by atoms with Crippen molar-refractivity contribution in [2.75, 3.05) is 12.4 Å². The van der Waals surface area contributed by atoms with Crippen LogP contribution in [0.2, 0.25) is 5.15 Å². The van der Waals surface area contributed by atoms with Crippen LogP contribution < -0.4 is 5.32 Å². The number of hydrogen-bond donors (Lipinski definition) is 1. The van der Waals surface area contributed by atoms with Crippen molar-refractivity contribution >= 4 is 29.2 Å². The number of aromatic nitrogens is 4. The zero-order valence-electron chi connectivity index (χ0n) is 13.8. The average Bonchev–Trinajstić information content (AvgIpc) is 2.87. The molecule has 0 radical (unpaired) electrons. The van der Waals surface area contributed by atoms with Crippen molar-refractivity contribution in [3.8, 4) is 0 Å². The lowest BCUT2D eigenvalue weighted by Crippen LogP contribution is -2.37. The van der Waals surface area contributed by atoms with Crippen molar-refractivity contribution in [3.05, 3.63) is 28.8 Å². The fourth-order valence-electron chi connectivity index (χ4n) is 1.94. The number of methoxy groups -OCH3 is 1. The molecule has 2 rings (SSSR count). The van der Waals surface area contributed by atoms with E-state index in [9.17, 15) is 18.0 Å². The number of hydrogen-bond acceptors (Lipinski definition) is 6. The number of alkyl halides is 3. The van der Waals surface area contributed by atoms with Crippen LogP contribution in [0, 0.1) is 6.92 Å². The minimum absolute atomic E-state index is 0.128. The zero-order chi connectivity index (χ0) is 19.0. The number of rotatable bonds is 4. The minimum Gasteiger partial charge on any atom is -0.467 e.